The molecule has 4 nitrogen and oxygen atoms in total. The van der Waals surface area contributed by atoms with Gasteiger partial charge in [0.1, 0.15) is 10.0 Å². The summed E-state index contributed by atoms with van der Waals surface area (Å²) in [4.78, 5) is 8.28. The first-order chi connectivity index (χ1) is 6.84. The first kappa shape index (κ1) is 8.22. The van der Waals surface area contributed by atoms with Gasteiger partial charge >= 0.3 is 0 Å². The van der Waals surface area contributed by atoms with Crippen molar-refractivity contribution in [2.75, 3.05) is 6.79 Å². The number of rotatable bonds is 0. The molecule has 70 valence electrons. The maximum absolute atomic E-state index is 5.28. The Bertz CT molecular complexity index is 515. The average Bonchev–Trinajstić information content (AvgIpc) is 2.62. The lowest BCUT2D eigenvalue weighted by molar-refractivity contribution is 0.174. The van der Waals surface area contributed by atoms with Crippen molar-refractivity contribution in [3.8, 4) is 11.5 Å². The lowest BCUT2D eigenvalue weighted by Crippen LogP contribution is -1.92. The molecule has 0 N–H and O–H groups in total. The summed E-state index contributed by atoms with van der Waals surface area (Å²) in [7, 11) is 0. The van der Waals surface area contributed by atoms with Gasteiger partial charge in [-0.25, -0.2) is 9.97 Å². The summed E-state index contributed by atoms with van der Waals surface area (Å²) in [5.74, 6) is 1.53. The highest BCUT2D eigenvalue weighted by molar-refractivity contribution is 14.1. The van der Waals surface area contributed by atoms with E-state index in [1.165, 1.54) is 0 Å². The minimum atomic E-state index is 0.287. The van der Waals surface area contributed by atoms with Crippen molar-refractivity contribution in [3.05, 3.63) is 22.2 Å². The van der Waals surface area contributed by atoms with E-state index in [9.17, 15) is 0 Å². The van der Waals surface area contributed by atoms with Crippen molar-refractivity contribution < 1.29 is 9.47 Å². The Morgan fingerprint density at radius 3 is 2.79 bits per heavy atom. The number of hydrogen-bond donors (Lipinski definition) is 0. The molecule has 0 saturated heterocycles. The van der Waals surface area contributed by atoms with E-state index in [4.69, 9.17) is 9.47 Å². The van der Waals surface area contributed by atoms with Crippen LogP contribution in [0, 0.1) is 3.70 Å². The molecule has 0 fully saturated rings. The van der Waals surface area contributed by atoms with Gasteiger partial charge in [0.05, 0.1) is 5.52 Å². The molecule has 0 spiro atoms. The molecule has 1 aromatic heterocycles. The van der Waals surface area contributed by atoms with Crippen LogP contribution in [0.1, 0.15) is 0 Å². The number of hydrogen-bond acceptors (Lipinski definition) is 4. The zero-order valence-corrected chi connectivity index (χ0v) is 9.19. The van der Waals surface area contributed by atoms with Gasteiger partial charge in [-0.1, -0.05) is 0 Å². The Morgan fingerprint density at radius 1 is 1.14 bits per heavy atom. The van der Waals surface area contributed by atoms with E-state index in [2.05, 4.69) is 32.6 Å². The minimum absolute atomic E-state index is 0.287. The summed E-state index contributed by atoms with van der Waals surface area (Å²) >= 11 is 2.18. The maximum Gasteiger partial charge on any atom is 0.231 e. The predicted molar refractivity (Wildman–Crippen MR) is 58.4 cm³/mol. The topological polar surface area (TPSA) is 44.2 Å². The summed E-state index contributed by atoms with van der Waals surface area (Å²) in [6.45, 7) is 0.287. The van der Waals surface area contributed by atoms with Crippen LogP contribution in [-0.4, -0.2) is 16.8 Å². The van der Waals surface area contributed by atoms with E-state index < -0.39 is 0 Å². The quantitative estimate of drug-likeness (QED) is 0.551. The average molecular weight is 300 g/mol. The van der Waals surface area contributed by atoms with Gasteiger partial charge in [-0.15, -0.1) is 0 Å². The zero-order valence-electron chi connectivity index (χ0n) is 7.03. The fourth-order valence-electron chi connectivity index (χ4n) is 1.41. The molecule has 2 heterocycles. The number of ether oxygens (including phenoxy) is 2. The molecule has 0 unspecified atom stereocenters. The molecule has 0 atom stereocenters. The fraction of sp³-hybridized carbons (Fsp3) is 0.111. The van der Waals surface area contributed by atoms with Crippen LogP contribution in [0.2, 0.25) is 0 Å². The van der Waals surface area contributed by atoms with E-state index in [0.29, 0.717) is 0 Å². The first-order valence-corrected chi connectivity index (χ1v) is 5.12. The highest BCUT2D eigenvalue weighted by Crippen LogP contribution is 2.36. The van der Waals surface area contributed by atoms with Crippen LogP contribution in [0.15, 0.2) is 18.5 Å². The highest BCUT2D eigenvalue weighted by Gasteiger charge is 2.15. The lowest BCUT2D eigenvalue weighted by Gasteiger charge is -2.00. The van der Waals surface area contributed by atoms with E-state index in [-0.39, 0.29) is 6.79 Å². The van der Waals surface area contributed by atoms with E-state index in [1.807, 2.05) is 12.1 Å². The molecule has 0 aliphatic carbocycles. The summed E-state index contributed by atoms with van der Waals surface area (Å²) in [6.07, 6.45) is 1.55. The largest absolute Gasteiger partial charge is 0.454 e. The number of nitrogens with zero attached hydrogens (tertiary/aromatic N) is 2. The second-order valence-corrected chi connectivity index (χ2v) is 3.91. The SMILES string of the molecule is Ic1ncnc2cc3c(cc12)OCO3. The van der Waals surface area contributed by atoms with Gasteiger partial charge in [0.25, 0.3) is 0 Å². The van der Waals surface area contributed by atoms with Crippen LogP contribution in [0.5, 0.6) is 11.5 Å². The van der Waals surface area contributed by atoms with Gasteiger partial charge in [-0.3, -0.25) is 0 Å². The second kappa shape index (κ2) is 2.94. The van der Waals surface area contributed by atoms with E-state index in [0.717, 1.165) is 26.1 Å². The van der Waals surface area contributed by atoms with Gasteiger partial charge in [0, 0.05) is 11.5 Å². The maximum atomic E-state index is 5.28. The van der Waals surface area contributed by atoms with Gasteiger partial charge < -0.3 is 9.47 Å². The van der Waals surface area contributed by atoms with Crippen molar-refractivity contribution >= 4 is 33.5 Å². The van der Waals surface area contributed by atoms with E-state index >= 15 is 0 Å². The molecule has 14 heavy (non-hydrogen) atoms. The highest BCUT2D eigenvalue weighted by atomic mass is 127. The van der Waals surface area contributed by atoms with E-state index in [1.54, 1.807) is 6.33 Å². The van der Waals surface area contributed by atoms with Gasteiger partial charge in [0.15, 0.2) is 11.5 Å². The third-order valence-electron chi connectivity index (χ3n) is 2.08. The molecular weight excluding hydrogens is 295 g/mol. The Labute approximate surface area is 93.4 Å². The standard InChI is InChI=1S/C9H5IN2O2/c10-9-5-1-7-8(14-4-13-7)2-6(5)11-3-12-9/h1-3H,4H2. The number of fused-ring (bicyclic) bond motifs is 2. The molecule has 1 aliphatic heterocycles. The molecular formula is C9H5IN2O2. The molecule has 1 aliphatic rings. The van der Waals surface area contributed by atoms with Crippen LogP contribution >= 0.6 is 22.6 Å². The predicted octanol–water partition coefficient (Wildman–Crippen LogP) is 1.96. The summed E-state index contributed by atoms with van der Waals surface area (Å²) in [6, 6.07) is 3.79. The van der Waals surface area contributed by atoms with Crippen molar-refractivity contribution in [3.63, 3.8) is 0 Å². The third kappa shape index (κ3) is 1.12. The van der Waals surface area contributed by atoms with Gasteiger partial charge in [-0.2, -0.15) is 0 Å². The van der Waals surface area contributed by atoms with Gasteiger partial charge in [0.2, 0.25) is 6.79 Å². The van der Waals surface area contributed by atoms with Crippen LogP contribution in [0.3, 0.4) is 0 Å². The number of aromatic nitrogens is 2. The van der Waals surface area contributed by atoms with Crippen molar-refractivity contribution in [1.29, 1.82) is 0 Å². The molecule has 0 radical (unpaired) electrons. The van der Waals surface area contributed by atoms with Gasteiger partial charge in [-0.05, 0) is 28.7 Å². The molecule has 3 rings (SSSR count). The summed E-state index contributed by atoms with van der Waals surface area (Å²) in [5, 5.41) is 0.998. The molecule has 0 bridgehead atoms. The van der Waals surface area contributed by atoms with Crippen LogP contribution in [0.4, 0.5) is 0 Å². The third-order valence-corrected chi connectivity index (χ3v) is 2.94. The van der Waals surface area contributed by atoms with Crippen molar-refractivity contribution in [2.24, 2.45) is 0 Å². The summed E-state index contributed by atoms with van der Waals surface area (Å²) < 4.78 is 11.5. The van der Waals surface area contributed by atoms with Crippen LogP contribution in [0.25, 0.3) is 10.9 Å². The van der Waals surface area contributed by atoms with Crippen molar-refractivity contribution in [2.45, 2.75) is 0 Å². The first-order valence-electron chi connectivity index (χ1n) is 4.04. The Hall–Kier alpha value is -1.11. The monoisotopic (exact) mass is 300 g/mol. The van der Waals surface area contributed by atoms with Crippen molar-refractivity contribution in [1.82, 2.24) is 9.97 Å². The lowest BCUT2D eigenvalue weighted by atomic mass is 10.2. The van der Waals surface area contributed by atoms with Crippen LogP contribution in [-0.2, 0) is 0 Å². The molecule has 2 aromatic rings. The smallest absolute Gasteiger partial charge is 0.231 e. The zero-order chi connectivity index (χ0) is 9.54. The number of halogens is 1. The Morgan fingerprint density at radius 2 is 1.93 bits per heavy atom. The molecule has 1 aromatic carbocycles. The second-order valence-electron chi connectivity index (χ2n) is 2.89. The van der Waals surface area contributed by atoms with Crippen LogP contribution < -0.4 is 9.47 Å². The fourth-order valence-corrected chi connectivity index (χ4v) is 1.97. The molecule has 0 amide bonds. The number of benzene rings is 1. The Balaban J connectivity index is 2.39. The Kier molecular flexibility index (Phi) is 1.73. The summed E-state index contributed by atoms with van der Waals surface area (Å²) in [5.41, 5.74) is 0.883. The molecule has 5 heteroatoms. The minimum Gasteiger partial charge on any atom is -0.454 e. The normalized spacial score (nSPS) is 13.5. The molecule has 0 saturated carbocycles.